The van der Waals surface area contributed by atoms with E-state index in [1.807, 2.05) is 31.3 Å². The van der Waals surface area contributed by atoms with E-state index in [0.29, 0.717) is 17.8 Å². The number of carbonyl (C=O) groups is 1. The van der Waals surface area contributed by atoms with Crippen molar-refractivity contribution in [2.45, 2.75) is 50.2 Å². The summed E-state index contributed by atoms with van der Waals surface area (Å²) in [6, 6.07) is 9.50. The SMILES string of the molecule is CN1C2CCC(NC(=O)c3nn(C)c4ccccc34)CC1CC2. The van der Waals surface area contributed by atoms with Gasteiger partial charge < -0.3 is 10.2 Å². The van der Waals surface area contributed by atoms with Crippen molar-refractivity contribution in [1.82, 2.24) is 20.0 Å². The lowest BCUT2D eigenvalue weighted by Crippen LogP contribution is -2.38. The number of aromatic nitrogens is 2. The number of hydrogen-bond donors (Lipinski definition) is 1. The van der Waals surface area contributed by atoms with E-state index >= 15 is 0 Å². The summed E-state index contributed by atoms with van der Waals surface area (Å²) in [4.78, 5) is 15.3. The average molecular weight is 312 g/mol. The molecule has 1 aromatic heterocycles. The minimum atomic E-state index is -0.0350. The van der Waals surface area contributed by atoms with E-state index in [9.17, 15) is 4.79 Å². The van der Waals surface area contributed by atoms with Gasteiger partial charge in [0.1, 0.15) is 0 Å². The molecule has 2 aliphatic heterocycles. The number of nitrogens with one attached hydrogen (secondary N) is 1. The molecule has 0 radical (unpaired) electrons. The van der Waals surface area contributed by atoms with Gasteiger partial charge >= 0.3 is 0 Å². The van der Waals surface area contributed by atoms with Crippen LogP contribution in [0.4, 0.5) is 0 Å². The van der Waals surface area contributed by atoms with E-state index in [1.165, 1.54) is 19.3 Å². The molecule has 23 heavy (non-hydrogen) atoms. The Labute approximate surface area is 136 Å². The van der Waals surface area contributed by atoms with Crippen molar-refractivity contribution < 1.29 is 4.79 Å². The Kier molecular flexibility index (Phi) is 3.60. The maximum atomic E-state index is 12.7. The van der Waals surface area contributed by atoms with Crippen LogP contribution >= 0.6 is 0 Å². The van der Waals surface area contributed by atoms with Crippen LogP contribution in [0.25, 0.3) is 10.9 Å². The molecule has 0 aliphatic carbocycles. The fraction of sp³-hybridized carbons (Fsp3) is 0.556. The fourth-order valence-electron chi connectivity index (χ4n) is 4.33. The zero-order valence-electron chi connectivity index (χ0n) is 13.8. The second-order valence-electron chi connectivity index (χ2n) is 7.02. The standard InChI is InChI=1S/C18H24N4O/c1-21-13-8-7-12(11-14(21)10-9-13)19-18(23)17-15-5-3-4-6-16(15)22(2)20-17/h3-6,12-14H,7-11H2,1-2H3,(H,19,23). The molecule has 1 amide bonds. The van der Waals surface area contributed by atoms with Crippen LogP contribution in [0.15, 0.2) is 24.3 Å². The topological polar surface area (TPSA) is 50.2 Å². The van der Waals surface area contributed by atoms with Gasteiger partial charge in [0, 0.05) is 30.6 Å². The highest BCUT2D eigenvalue weighted by Gasteiger charge is 2.36. The van der Waals surface area contributed by atoms with Crippen LogP contribution in [0.5, 0.6) is 0 Å². The molecule has 2 bridgehead atoms. The van der Waals surface area contributed by atoms with Crippen molar-refractivity contribution in [2.24, 2.45) is 7.05 Å². The number of aryl methyl sites for hydroxylation is 1. The second-order valence-corrected chi connectivity index (χ2v) is 7.02. The molecule has 2 aliphatic rings. The molecule has 3 unspecified atom stereocenters. The Morgan fingerprint density at radius 3 is 2.74 bits per heavy atom. The molecule has 2 saturated heterocycles. The molecule has 3 heterocycles. The fourth-order valence-corrected chi connectivity index (χ4v) is 4.33. The lowest BCUT2D eigenvalue weighted by atomic mass is 9.96. The number of carbonyl (C=O) groups excluding carboxylic acids is 1. The third-order valence-electron chi connectivity index (χ3n) is 5.70. The largest absolute Gasteiger partial charge is 0.348 e. The first-order chi connectivity index (χ1) is 11.1. The minimum Gasteiger partial charge on any atom is -0.348 e. The van der Waals surface area contributed by atoms with Crippen LogP contribution < -0.4 is 5.32 Å². The summed E-state index contributed by atoms with van der Waals surface area (Å²) in [5.74, 6) is -0.0350. The smallest absolute Gasteiger partial charge is 0.272 e. The number of benzene rings is 1. The highest BCUT2D eigenvalue weighted by molar-refractivity contribution is 6.04. The molecule has 4 rings (SSSR count). The minimum absolute atomic E-state index is 0.0350. The molecule has 0 saturated carbocycles. The average Bonchev–Trinajstić information content (AvgIpc) is 3.00. The van der Waals surface area contributed by atoms with E-state index in [0.717, 1.165) is 23.7 Å². The Morgan fingerprint density at radius 2 is 1.87 bits per heavy atom. The van der Waals surface area contributed by atoms with E-state index in [2.05, 4.69) is 22.4 Å². The first-order valence-corrected chi connectivity index (χ1v) is 8.58. The van der Waals surface area contributed by atoms with Gasteiger partial charge in [-0.1, -0.05) is 18.2 Å². The summed E-state index contributed by atoms with van der Waals surface area (Å²) < 4.78 is 1.78. The molecule has 3 atom stereocenters. The summed E-state index contributed by atoms with van der Waals surface area (Å²) in [5.41, 5.74) is 1.54. The van der Waals surface area contributed by atoms with Crippen LogP contribution in [0.1, 0.15) is 42.6 Å². The monoisotopic (exact) mass is 312 g/mol. The molecule has 5 heteroatoms. The van der Waals surface area contributed by atoms with E-state index < -0.39 is 0 Å². The number of rotatable bonds is 2. The summed E-state index contributed by atoms with van der Waals surface area (Å²) in [6.07, 6.45) is 5.89. The van der Waals surface area contributed by atoms with Crippen molar-refractivity contribution in [3.8, 4) is 0 Å². The van der Waals surface area contributed by atoms with Gasteiger partial charge in [-0.2, -0.15) is 5.10 Å². The lowest BCUT2D eigenvalue weighted by Gasteiger charge is -2.23. The van der Waals surface area contributed by atoms with Crippen LogP contribution in [0.3, 0.4) is 0 Å². The van der Waals surface area contributed by atoms with Crippen LogP contribution in [-0.2, 0) is 7.05 Å². The van der Waals surface area contributed by atoms with E-state index in [1.54, 1.807) is 4.68 Å². The van der Waals surface area contributed by atoms with Gasteiger partial charge in [-0.25, -0.2) is 0 Å². The van der Waals surface area contributed by atoms with Gasteiger partial charge in [-0.3, -0.25) is 9.48 Å². The molecule has 1 N–H and O–H groups in total. The van der Waals surface area contributed by atoms with Gasteiger partial charge in [0.05, 0.1) is 5.52 Å². The van der Waals surface area contributed by atoms with Crippen molar-refractivity contribution in [1.29, 1.82) is 0 Å². The maximum absolute atomic E-state index is 12.7. The quantitative estimate of drug-likeness (QED) is 0.926. The number of amides is 1. The van der Waals surface area contributed by atoms with Crippen molar-refractivity contribution >= 4 is 16.8 Å². The zero-order chi connectivity index (χ0) is 16.0. The molecular formula is C18H24N4O. The van der Waals surface area contributed by atoms with Gasteiger partial charge in [0.15, 0.2) is 5.69 Å². The Morgan fingerprint density at radius 1 is 1.13 bits per heavy atom. The van der Waals surface area contributed by atoms with Gasteiger partial charge in [0.25, 0.3) is 5.91 Å². The van der Waals surface area contributed by atoms with Crippen LogP contribution in [-0.4, -0.2) is 45.8 Å². The van der Waals surface area contributed by atoms with Crippen molar-refractivity contribution in [3.63, 3.8) is 0 Å². The molecule has 122 valence electrons. The van der Waals surface area contributed by atoms with E-state index in [-0.39, 0.29) is 11.9 Å². The van der Waals surface area contributed by atoms with Gasteiger partial charge in [-0.05, 0) is 45.2 Å². The maximum Gasteiger partial charge on any atom is 0.272 e. The number of fused-ring (bicyclic) bond motifs is 3. The van der Waals surface area contributed by atoms with Crippen molar-refractivity contribution in [3.05, 3.63) is 30.0 Å². The summed E-state index contributed by atoms with van der Waals surface area (Å²) in [5, 5.41) is 8.61. The predicted octanol–water partition coefficient (Wildman–Crippen LogP) is 2.32. The Hall–Kier alpha value is -1.88. The van der Waals surface area contributed by atoms with Gasteiger partial charge in [-0.15, -0.1) is 0 Å². The van der Waals surface area contributed by atoms with Crippen LogP contribution in [0.2, 0.25) is 0 Å². The summed E-state index contributed by atoms with van der Waals surface area (Å²) >= 11 is 0. The number of hydrogen-bond acceptors (Lipinski definition) is 3. The molecule has 0 spiro atoms. The predicted molar refractivity (Wildman–Crippen MR) is 90.4 cm³/mol. The Bertz CT molecular complexity index is 738. The third-order valence-corrected chi connectivity index (χ3v) is 5.70. The zero-order valence-corrected chi connectivity index (χ0v) is 13.8. The molecule has 1 aromatic carbocycles. The second kappa shape index (κ2) is 5.64. The molecular weight excluding hydrogens is 288 g/mol. The summed E-state index contributed by atoms with van der Waals surface area (Å²) in [6.45, 7) is 0. The Balaban J connectivity index is 1.53. The molecule has 5 nitrogen and oxygen atoms in total. The number of para-hydroxylation sites is 1. The lowest BCUT2D eigenvalue weighted by molar-refractivity contribution is 0.0926. The van der Waals surface area contributed by atoms with E-state index in [4.69, 9.17) is 0 Å². The molecule has 2 aromatic rings. The summed E-state index contributed by atoms with van der Waals surface area (Å²) in [7, 11) is 4.12. The highest BCUT2D eigenvalue weighted by Crippen LogP contribution is 2.33. The van der Waals surface area contributed by atoms with Crippen LogP contribution in [0, 0.1) is 0 Å². The van der Waals surface area contributed by atoms with Gasteiger partial charge in [0.2, 0.25) is 0 Å². The molecule has 2 fully saturated rings. The highest BCUT2D eigenvalue weighted by atomic mass is 16.2. The van der Waals surface area contributed by atoms with Crippen molar-refractivity contribution in [2.75, 3.05) is 7.05 Å². The number of nitrogens with zero attached hydrogens (tertiary/aromatic N) is 3. The first kappa shape index (κ1) is 14.7. The normalized spacial score (nSPS) is 28.0. The third kappa shape index (κ3) is 2.53. The first-order valence-electron chi connectivity index (χ1n) is 8.58.